The molecule has 25 heavy (non-hydrogen) atoms. The van der Waals surface area contributed by atoms with Crippen LogP contribution < -0.4 is 9.47 Å². The first-order valence-corrected chi connectivity index (χ1v) is 8.58. The summed E-state index contributed by atoms with van der Waals surface area (Å²) >= 11 is 0. The summed E-state index contributed by atoms with van der Waals surface area (Å²) in [7, 11) is 1.64. The Kier molecular flexibility index (Phi) is 4.88. The lowest BCUT2D eigenvalue weighted by molar-refractivity contribution is -0.295. The molecule has 2 aromatic carbocycles. The third-order valence-electron chi connectivity index (χ3n) is 4.58. The van der Waals surface area contributed by atoms with Crippen molar-refractivity contribution in [2.45, 2.75) is 31.0 Å². The van der Waals surface area contributed by atoms with E-state index in [1.165, 1.54) is 0 Å². The maximum Gasteiger partial charge on any atom is 0.184 e. The fraction of sp³-hybridized carbons (Fsp3) is 0.400. The molecule has 2 aliphatic rings. The highest BCUT2D eigenvalue weighted by Crippen LogP contribution is 2.35. The van der Waals surface area contributed by atoms with Crippen molar-refractivity contribution in [3.63, 3.8) is 0 Å². The van der Waals surface area contributed by atoms with E-state index in [9.17, 15) is 0 Å². The van der Waals surface area contributed by atoms with Gasteiger partial charge in [0.15, 0.2) is 17.8 Å². The predicted molar refractivity (Wildman–Crippen MR) is 91.8 cm³/mol. The summed E-state index contributed by atoms with van der Waals surface area (Å²) in [5.41, 5.74) is 1.00. The molecule has 3 unspecified atom stereocenters. The Morgan fingerprint density at radius 2 is 1.68 bits per heavy atom. The first-order valence-electron chi connectivity index (χ1n) is 8.58. The number of hydrogen-bond donors (Lipinski definition) is 0. The van der Waals surface area contributed by atoms with Crippen molar-refractivity contribution in [3.05, 3.63) is 60.2 Å². The molecule has 132 valence electrons. The SMILES string of the molecule is COc1ccccc1OC1CCOC2CO[C@@H](c3ccccc3)OC21. The molecule has 0 spiro atoms. The Morgan fingerprint density at radius 3 is 2.48 bits per heavy atom. The van der Waals surface area contributed by atoms with Crippen LogP contribution in [0.4, 0.5) is 0 Å². The Bertz CT molecular complexity index is 689. The van der Waals surface area contributed by atoms with E-state index in [4.69, 9.17) is 23.7 Å². The summed E-state index contributed by atoms with van der Waals surface area (Å²) in [6.07, 6.45) is -0.0371. The van der Waals surface area contributed by atoms with Crippen LogP contribution in [0.3, 0.4) is 0 Å². The Hall–Kier alpha value is -2.08. The van der Waals surface area contributed by atoms with Crippen molar-refractivity contribution in [3.8, 4) is 11.5 Å². The largest absolute Gasteiger partial charge is 0.493 e. The predicted octanol–water partition coefficient (Wildman–Crippen LogP) is 3.35. The number of benzene rings is 2. The minimum absolute atomic E-state index is 0.106. The van der Waals surface area contributed by atoms with Crippen LogP contribution in [0.25, 0.3) is 0 Å². The van der Waals surface area contributed by atoms with Crippen molar-refractivity contribution in [1.82, 2.24) is 0 Å². The minimum atomic E-state index is -0.395. The first kappa shape index (κ1) is 16.4. The molecule has 2 heterocycles. The molecule has 0 saturated carbocycles. The molecule has 5 nitrogen and oxygen atoms in total. The van der Waals surface area contributed by atoms with Gasteiger partial charge in [-0.25, -0.2) is 0 Å². The van der Waals surface area contributed by atoms with Crippen molar-refractivity contribution in [1.29, 1.82) is 0 Å². The van der Waals surface area contributed by atoms with Crippen LogP contribution in [0.15, 0.2) is 54.6 Å². The van der Waals surface area contributed by atoms with Crippen molar-refractivity contribution < 1.29 is 23.7 Å². The number of ether oxygens (including phenoxy) is 5. The van der Waals surface area contributed by atoms with Gasteiger partial charge >= 0.3 is 0 Å². The molecule has 2 saturated heterocycles. The van der Waals surface area contributed by atoms with Crippen LogP contribution in [0.1, 0.15) is 18.3 Å². The fourth-order valence-corrected chi connectivity index (χ4v) is 3.31. The van der Waals surface area contributed by atoms with Gasteiger partial charge in [0.25, 0.3) is 0 Å². The second-order valence-electron chi connectivity index (χ2n) is 6.18. The molecule has 4 atom stereocenters. The zero-order valence-electron chi connectivity index (χ0n) is 14.2. The average molecular weight is 342 g/mol. The van der Waals surface area contributed by atoms with Gasteiger partial charge < -0.3 is 23.7 Å². The molecule has 0 N–H and O–H groups in total. The van der Waals surface area contributed by atoms with E-state index in [0.29, 0.717) is 13.2 Å². The van der Waals surface area contributed by atoms with E-state index < -0.39 is 6.29 Å². The number of fused-ring (bicyclic) bond motifs is 1. The molecule has 2 aromatic rings. The fourth-order valence-electron chi connectivity index (χ4n) is 3.31. The van der Waals surface area contributed by atoms with Gasteiger partial charge in [-0.2, -0.15) is 0 Å². The quantitative estimate of drug-likeness (QED) is 0.853. The lowest BCUT2D eigenvalue weighted by Crippen LogP contribution is -2.54. The third-order valence-corrected chi connectivity index (χ3v) is 4.58. The van der Waals surface area contributed by atoms with E-state index in [0.717, 1.165) is 23.5 Å². The highest BCUT2D eigenvalue weighted by atomic mass is 16.7. The number of hydrogen-bond acceptors (Lipinski definition) is 5. The van der Waals surface area contributed by atoms with Gasteiger partial charge in [0.2, 0.25) is 0 Å². The second kappa shape index (κ2) is 7.44. The number of rotatable bonds is 4. The summed E-state index contributed by atoms with van der Waals surface area (Å²) in [6, 6.07) is 17.6. The molecule has 2 fully saturated rings. The van der Waals surface area contributed by atoms with Crippen LogP contribution >= 0.6 is 0 Å². The molecule has 4 rings (SSSR count). The molecule has 2 aliphatic heterocycles. The number of para-hydroxylation sites is 2. The standard InChI is InChI=1S/C20H22O5/c1-21-15-9-5-6-10-16(15)24-17-11-12-22-18-13-23-20(25-19(17)18)14-7-3-2-4-8-14/h2-10,17-20H,11-13H2,1H3/t17?,18?,19?,20-/m1/s1. The van der Waals surface area contributed by atoms with Crippen LogP contribution in [-0.2, 0) is 14.2 Å². The van der Waals surface area contributed by atoms with E-state index in [-0.39, 0.29) is 18.3 Å². The Balaban J connectivity index is 1.52. The van der Waals surface area contributed by atoms with Gasteiger partial charge in [-0.1, -0.05) is 42.5 Å². The molecule has 5 heteroatoms. The van der Waals surface area contributed by atoms with Gasteiger partial charge in [0.1, 0.15) is 18.3 Å². The van der Waals surface area contributed by atoms with E-state index >= 15 is 0 Å². The molecule has 0 aliphatic carbocycles. The molecular weight excluding hydrogens is 320 g/mol. The highest BCUT2D eigenvalue weighted by Gasteiger charge is 2.42. The van der Waals surface area contributed by atoms with Crippen molar-refractivity contribution in [2.75, 3.05) is 20.3 Å². The third kappa shape index (κ3) is 3.49. The smallest absolute Gasteiger partial charge is 0.184 e. The zero-order valence-corrected chi connectivity index (χ0v) is 14.2. The summed E-state index contributed by atoms with van der Waals surface area (Å²) in [5.74, 6) is 1.44. The van der Waals surface area contributed by atoms with Gasteiger partial charge in [-0.15, -0.1) is 0 Å². The van der Waals surface area contributed by atoms with Gasteiger partial charge in [-0.05, 0) is 12.1 Å². The second-order valence-corrected chi connectivity index (χ2v) is 6.18. The zero-order chi connectivity index (χ0) is 17.1. The van der Waals surface area contributed by atoms with Gasteiger partial charge in [0.05, 0.1) is 20.3 Å². The normalized spacial score (nSPS) is 28.8. The van der Waals surface area contributed by atoms with Crippen molar-refractivity contribution >= 4 is 0 Å². The van der Waals surface area contributed by atoms with Crippen molar-refractivity contribution in [2.24, 2.45) is 0 Å². The van der Waals surface area contributed by atoms with E-state index in [1.54, 1.807) is 7.11 Å². The van der Waals surface area contributed by atoms with Gasteiger partial charge in [-0.3, -0.25) is 0 Å². The average Bonchev–Trinajstić information content (AvgIpc) is 2.69. The summed E-state index contributed by atoms with van der Waals surface area (Å²) in [4.78, 5) is 0. The summed E-state index contributed by atoms with van der Waals surface area (Å²) in [6.45, 7) is 1.12. The lowest BCUT2D eigenvalue weighted by Gasteiger charge is -2.43. The molecule has 0 bridgehead atoms. The first-order chi connectivity index (χ1) is 12.3. The Morgan fingerprint density at radius 1 is 0.920 bits per heavy atom. The monoisotopic (exact) mass is 342 g/mol. The van der Waals surface area contributed by atoms with Gasteiger partial charge in [0, 0.05) is 12.0 Å². The van der Waals surface area contributed by atoms with Crippen LogP contribution in [0.5, 0.6) is 11.5 Å². The van der Waals surface area contributed by atoms with Crippen LogP contribution in [0.2, 0.25) is 0 Å². The summed E-state index contributed by atoms with van der Waals surface area (Å²) < 4.78 is 29.5. The highest BCUT2D eigenvalue weighted by molar-refractivity contribution is 5.39. The van der Waals surface area contributed by atoms with Crippen LogP contribution in [0, 0.1) is 0 Å². The summed E-state index contributed by atoms with van der Waals surface area (Å²) in [5, 5.41) is 0. The molecule has 0 aromatic heterocycles. The minimum Gasteiger partial charge on any atom is -0.493 e. The Labute approximate surface area is 147 Å². The molecule has 0 radical (unpaired) electrons. The van der Waals surface area contributed by atoms with E-state index in [1.807, 2.05) is 54.6 Å². The van der Waals surface area contributed by atoms with Crippen LogP contribution in [-0.4, -0.2) is 38.6 Å². The maximum absolute atomic E-state index is 6.25. The number of methoxy groups -OCH3 is 1. The molecular formula is C20H22O5. The molecule has 0 amide bonds. The van der Waals surface area contributed by atoms with E-state index in [2.05, 4.69) is 0 Å². The topological polar surface area (TPSA) is 46.2 Å². The lowest BCUT2D eigenvalue weighted by atomic mass is 10.0. The maximum atomic E-state index is 6.25.